The second-order valence-corrected chi connectivity index (χ2v) is 7.49. The van der Waals surface area contributed by atoms with Gasteiger partial charge in [0.05, 0.1) is 24.7 Å². The van der Waals surface area contributed by atoms with Gasteiger partial charge in [0, 0.05) is 6.07 Å². The summed E-state index contributed by atoms with van der Waals surface area (Å²) in [6, 6.07) is 5.90. The van der Waals surface area contributed by atoms with Crippen LogP contribution in [-0.4, -0.2) is 18.3 Å². The van der Waals surface area contributed by atoms with E-state index in [1.165, 1.54) is 0 Å². The Morgan fingerprint density at radius 1 is 0.962 bits per heavy atom. The van der Waals surface area contributed by atoms with E-state index < -0.39 is 0 Å². The molecule has 4 nitrogen and oxygen atoms in total. The molecule has 0 bridgehead atoms. The van der Waals surface area contributed by atoms with Gasteiger partial charge in [-0.05, 0) is 51.2 Å². The maximum atomic E-state index is 10.2. The summed E-state index contributed by atoms with van der Waals surface area (Å²) in [5, 5.41) is 19.2. The third-order valence-electron chi connectivity index (χ3n) is 4.53. The first-order chi connectivity index (χ1) is 12.4. The molecule has 26 heavy (non-hydrogen) atoms. The topological polar surface area (TPSA) is 62.5 Å². The minimum absolute atomic E-state index is 0.143. The van der Waals surface area contributed by atoms with Crippen LogP contribution >= 0.6 is 0 Å². The van der Waals surface area contributed by atoms with Crippen LogP contribution in [0.3, 0.4) is 0 Å². The van der Waals surface area contributed by atoms with Crippen LogP contribution in [0.2, 0.25) is 0 Å². The van der Waals surface area contributed by atoms with E-state index in [-0.39, 0.29) is 11.2 Å². The van der Waals surface area contributed by atoms with Crippen LogP contribution in [0.25, 0.3) is 0 Å². The molecule has 0 fully saturated rings. The van der Waals surface area contributed by atoms with Gasteiger partial charge in [-0.25, -0.2) is 0 Å². The Morgan fingerprint density at radius 2 is 1.62 bits per heavy atom. The van der Waals surface area contributed by atoms with Crippen LogP contribution in [0.1, 0.15) is 78.2 Å². The number of hydrogen-bond donors (Lipinski definition) is 1. The first-order valence-electron chi connectivity index (χ1n) is 9.96. The minimum atomic E-state index is -0.241. The van der Waals surface area contributed by atoms with E-state index in [4.69, 9.17) is 14.7 Å². The Hall–Kier alpha value is -1.89. The van der Waals surface area contributed by atoms with Crippen molar-refractivity contribution >= 4 is 0 Å². The Morgan fingerprint density at radius 3 is 2.23 bits per heavy atom. The maximum Gasteiger partial charge on any atom is 0.161 e. The molecular weight excluding hydrogens is 326 g/mol. The normalized spacial score (nSPS) is 11.2. The second-order valence-electron chi connectivity index (χ2n) is 7.49. The quantitative estimate of drug-likeness (QED) is 0.437. The summed E-state index contributed by atoms with van der Waals surface area (Å²) in [6.07, 6.45) is 8.03. The van der Waals surface area contributed by atoms with E-state index in [2.05, 4.69) is 19.9 Å². The van der Waals surface area contributed by atoms with Gasteiger partial charge in [0.25, 0.3) is 0 Å². The number of phenolic OH excluding ortho intramolecular Hbond substituents is 1. The van der Waals surface area contributed by atoms with Crippen molar-refractivity contribution in [1.29, 1.82) is 5.26 Å². The molecule has 0 saturated carbocycles. The molecule has 0 heterocycles. The highest BCUT2D eigenvalue weighted by molar-refractivity contribution is 5.50. The Balaban J connectivity index is 2.46. The lowest BCUT2D eigenvalue weighted by atomic mass is 9.89. The standard InChI is InChI=1S/C22H35NO3/c1-5-7-10-13-26-21-15-18(6-2)20(16-19(21)24)25-14-11-8-9-12-22(3,4)17-23/h15-16,24H,5-14H2,1-4H3. The average molecular weight is 362 g/mol. The number of ether oxygens (including phenoxy) is 2. The summed E-state index contributed by atoms with van der Waals surface area (Å²) in [5.41, 5.74) is 0.813. The summed E-state index contributed by atoms with van der Waals surface area (Å²) in [6.45, 7) is 9.44. The van der Waals surface area contributed by atoms with Gasteiger partial charge in [-0.15, -0.1) is 0 Å². The Kier molecular flexibility index (Phi) is 9.95. The number of phenols is 1. The van der Waals surface area contributed by atoms with E-state index >= 15 is 0 Å². The molecule has 1 aromatic rings. The first kappa shape index (κ1) is 22.2. The lowest BCUT2D eigenvalue weighted by molar-refractivity contribution is 0.280. The van der Waals surface area contributed by atoms with Gasteiger partial charge >= 0.3 is 0 Å². The molecular formula is C22H35NO3. The van der Waals surface area contributed by atoms with Gasteiger partial charge in [0.1, 0.15) is 5.75 Å². The highest BCUT2D eigenvalue weighted by atomic mass is 16.5. The first-order valence-corrected chi connectivity index (χ1v) is 9.96. The molecule has 0 aliphatic heterocycles. The monoisotopic (exact) mass is 361 g/mol. The molecule has 1 rings (SSSR count). The highest BCUT2D eigenvalue weighted by Gasteiger charge is 2.15. The number of hydrogen-bond acceptors (Lipinski definition) is 4. The predicted molar refractivity (Wildman–Crippen MR) is 106 cm³/mol. The molecule has 0 atom stereocenters. The molecule has 0 saturated heterocycles. The molecule has 1 N–H and O–H groups in total. The summed E-state index contributed by atoms with van der Waals surface area (Å²) >= 11 is 0. The van der Waals surface area contributed by atoms with Crippen molar-refractivity contribution in [2.45, 2.75) is 79.1 Å². The summed E-state index contributed by atoms with van der Waals surface area (Å²) in [5.74, 6) is 1.43. The minimum Gasteiger partial charge on any atom is -0.504 e. The van der Waals surface area contributed by atoms with Crippen molar-refractivity contribution in [2.75, 3.05) is 13.2 Å². The molecule has 0 aliphatic rings. The van der Waals surface area contributed by atoms with Crippen molar-refractivity contribution in [1.82, 2.24) is 0 Å². The fourth-order valence-corrected chi connectivity index (χ4v) is 2.74. The molecule has 0 unspecified atom stereocenters. The summed E-state index contributed by atoms with van der Waals surface area (Å²) < 4.78 is 11.6. The number of benzene rings is 1. The smallest absolute Gasteiger partial charge is 0.161 e. The number of nitriles is 1. The van der Waals surface area contributed by atoms with Crippen molar-refractivity contribution in [3.05, 3.63) is 17.7 Å². The molecule has 0 radical (unpaired) electrons. The van der Waals surface area contributed by atoms with Crippen LogP contribution in [0.15, 0.2) is 12.1 Å². The molecule has 0 aliphatic carbocycles. The highest BCUT2D eigenvalue weighted by Crippen LogP contribution is 2.34. The molecule has 1 aromatic carbocycles. The number of nitrogens with zero attached hydrogens (tertiary/aromatic N) is 1. The van der Waals surface area contributed by atoms with E-state index in [1.807, 2.05) is 19.9 Å². The summed E-state index contributed by atoms with van der Waals surface area (Å²) in [4.78, 5) is 0. The summed E-state index contributed by atoms with van der Waals surface area (Å²) in [7, 11) is 0. The fourth-order valence-electron chi connectivity index (χ4n) is 2.74. The zero-order valence-corrected chi connectivity index (χ0v) is 16.9. The number of aryl methyl sites for hydroxylation is 1. The predicted octanol–water partition coefficient (Wildman–Crippen LogP) is 6.01. The van der Waals surface area contributed by atoms with E-state index in [9.17, 15) is 5.11 Å². The van der Waals surface area contributed by atoms with Crippen LogP contribution in [0.5, 0.6) is 17.2 Å². The number of rotatable bonds is 13. The fraction of sp³-hybridized carbons (Fsp3) is 0.682. The van der Waals surface area contributed by atoms with Gasteiger partial charge in [-0.3, -0.25) is 0 Å². The van der Waals surface area contributed by atoms with Crippen LogP contribution in [0.4, 0.5) is 0 Å². The van der Waals surface area contributed by atoms with Crippen LogP contribution in [0, 0.1) is 16.7 Å². The Labute approximate surface area is 159 Å². The van der Waals surface area contributed by atoms with Crippen molar-refractivity contribution in [3.63, 3.8) is 0 Å². The lowest BCUT2D eigenvalue weighted by Gasteiger charge is -2.16. The number of aromatic hydroxyl groups is 1. The third-order valence-corrected chi connectivity index (χ3v) is 4.53. The molecule has 146 valence electrons. The van der Waals surface area contributed by atoms with Gasteiger partial charge in [-0.1, -0.05) is 39.5 Å². The lowest BCUT2D eigenvalue weighted by Crippen LogP contribution is -2.07. The van der Waals surface area contributed by atoms with Gasteiger partial charge < -0.3 is 14.6 Å². The van der Waals surface area contributed by atoms with Crippen molar-refractivity contribution in [2.24, 2.45) is 5.41 Å². The van der Waals surface area contributed by atoms with Gasteiger partial charge in [0.2, 0.25) is 0 Å². The van der Waals surface area contributed by atoms with E-state index in [0.717, 1.165) is 62.7 Å². The molecule has 4 heteroatoms. The van der Waals surface area contributed by atoms with Crippen LogP contribution < -0.4 is 9.47 Å². The third kappa shape index (κ3) is 7.99. The van der Waals surface area contributed by atoms with Gasteiger partial charge in [-0.2, -0.15) is 5.26 Å². The molecule has 0 aromatic heterocycles. The Bertz CT molecular complexity index is 575. The van der Waals surface area contributed by atoms with Gasteiger partial charge in [0.15, 0.2) is 11.5 Å². The van der Waals surface area contributed by atoms with Crippen molar-refractivity contribution in [3.8, 4) is 23.3 Å². The zero-order chi connectivity index (χ0) is 19.4. The maximum absolute atomic E-state index is 10.2. The molecule has 0 spiro atoms. The molecule has 0 amide bonds. The second kappa shape index (κ2) is 11.7. The zero-order valence-electron chi connectivity index (χ0n) is 16.9. The SMILES string of the molecule is CCCCCOc1cc(CC)c(OCCCCCC(C)(C)C#N)cc1O. The van der Waals surface area contributed by atoms with E-state index in [0.29, 0.717) is 19.0 Å². The van der Waals surface area contributed by atoms with Crippen molar-refractivity contribution < 1.29 is 14.6 Å². The average Bonchev–Trinajstić information content (AvgIpc) is 2.62. The van der Waals surface area contributed by atoms with Crippen LogP contribution in [-0.2, 0) is 6.42 Å². The number of unbranched alkanes of at least 4 members (excludes halogenated alkanes) is 4. The largest absolute Gasteiger partial charge is 0.504 e. The van der Waals surface area contributed by atoms with E-state index in [1.54, 1.807) is 6.07 Å².